The van der Waals surface area contributed by atoms with E-state index in [-0.39, 0.29) is 18.9 Å². The number of hydrogen-bond donors (Lipinski definition) is 2. The molecule has 1 aliphatic heterocycles. The van der Waals surface area contributed by atoms with Gasteiger partial charge in [0.1, 0.15) is 12.6 Å². The van der Waals surface area contributed by atoms with Crippen molar-refractivity contribution in [2.24, 2.45) is 0 Å². The molecule has 1 fully saturated rings. The normalized spacial score (nSPS) is 18.9. The monoisotopic (exact) mass is 275 g/mol. The Bertz CT molecular complexity index is 539. The molecule has 6 nitrogen and oxygen atoms in total. The van der Waals surface area contributed by atoms with Gasteiger partial charge in [-0.1, -0.05) is 12.1 Å². The Morgan fingerprint density at radius 3 is 2.65 bits per heavy atom. The Balaban J connectivity index is 1.95. The molecule has 1 heterocycles. The van der Waals surface area contributed by atoms with Gasteiger partial charge in [-0.3, -0.25) is 19.7 Å². The van der Waals surface area contributed by atoms with Crippen LogP contribution < -0.4 is 11.1 Å². The molecule has 0 spiro atoms. The number of piperazine rings is 1. The highest BCUT2D eigenvalue weighted by Gasteiger charge is 2.32. The smallest absolute Gasteiger partial charge is 0.249 e. The fourth-order valence-corrected chi connectivity index (χ4v) is 2.10. The number of nitrogens with one attached hydrogen (secondary N) is 1. The third-order valence-corrected chi connectivity index (χ3v) is 3.35. The molecule has 0 bridgehead atoms. The summed E-state index contributed by atoms with van der Waals surface area (Å²) < 4.78 is 0. The van der Waals surface area contributed by atoms with Crippen LogP contribution in [0.15, 0.2) is 24.3 Å². The van der Waals surface area contributed by atoms with E-state index >= 15 is 0 Å². The van der Waals surface area contributed by atoms with E-state index in [4.69, 9.17) is 5.73 Å². The SMILES string of the molecule is CC1C(=O)NC(=O)CN1C(=O)CCc1ccc(N)cc1. The van der Waals surface area contributed by atoms with Crippen molar-refractivity contribution in [3.63, 3.8) is 0 Å². The van der Waals surface area contributed by atoms with Gasteiger partial charge >= 0.3 is 0 Å². The average Bonchev–Trinajstić information content (AvgIpc) is 2.42. The lowest BCUT2D eigenvalue weighted by atomic mass is 10.1. The standard InChI is InChI=1S/C14H17N3O3/c1-9-14(20)16-12(18)8-17(9)13(19)7-4-10-2-5-11(15)6-3-10/h2-3,5-6,9H,4,7-8,15H2,1H3,(H,16,18,20). The fourth-order valence-electron chi connectivity index (χ4n) is 2.10. The number of nitrogens with two attached hydrogens (primary N) is 1. The summed E-state index contributed by atoms with van der Waals surface area (Å²) in [6.45, 7) is 1.55. The first-order valence-electron chi connectivity index (χ1n) is 6.45. The summed E-state index contributed by atoms with van der Waals surface area (Å²) in [5.41, 5.74) is 7.26. The lowest BCUT2D eigenvalue weighted by Gasteiger charge is -2.31. The second kappa shape index (κ2) is 5.73. The first-order valence-corrected chi connectivity index (χ1v) is 6.45. The van der Waals surface area contributed by atoms with Gasteiger partial charge in [0, 0.05) is 12.1 Å². The van der Waals surface area contributed by atoms with E-state index in [2.05, 4.69) is 5.32 Å². The van der Waals surface area contributed by atoms with Gasteiger partial charge in [-0.2, -0.15) is 0 Å². The zero-order valence-electron chi connectivity index (χ0n) is 11.3. The number of imide groups is 1. The zero-order chi connectivity index (χ0) is 14.7. The number of carbonyl (C=O) groups is 3. The molecule has 20 heavy (non-hydrogen) atoms. The third kappa shape index (κ3) is 3.14. The Morgan fingerprint density at radius 2 is 2.00 bits per heavy atom. The summed E-state index contributed by atoms with van der Waals surface area (Å²) >= 11 is 0. The molecule has 0 radical (unpaired) electrons. The number of nitrogens with zero attached hydrogens (tertiary/aromatic N) is 1. The number of anilines is 1. The minimum atomic E-state index is -0.605. The van der Waals surface area contributed by atoms with Crippen molar-refractivity contribution in [2.45, 2.75) is 25.8 Å². The van der Waals surface area contributed by atoms with E-state index in [9.17, 15) is 14.4 Å². The van der Waals surface area contributed by atoms with Crippen LogP contribution in [0.3, 0.4) is 0 Å². The lowest BCUT2D eigenvalue weighted by molar-refractivity contribution is -0.149. The van der Waals surface area contributed by atoms with Crippen LogP contribution in [0.2, 0.25) is 0 Å². The van der Waals surface area contributed by atoms with Crippen molar-refractivity contribution in [3.05, 3.63) is 29.8 Å². The number of aryl methyl sites for hydroxylation is 1. The van der Waals surface area contributed by atoms with E-state index in [0.717, 1.165) is 5.56 Å². The van der Waals surface area contributed by atoms with Gasteiger partial charge in [0.25, 0.3) is 0 Å². The van der Waals surface area contributed by atoms with E-state index in [1.165, 1.54) is 4.90 Å². The molecule has 1 aromatic carbocycles. The number of rotatable bonds is 3. The van der Waals surface area contributed by atoms with Gasteiger partial charge in [-0.25, -0.2) is 0 Å². The van der Waals surface area contributed by atoms with Gasteiger partial charge in [-0.15, -0.1) is 0 Å². The Kier molecular flexibility index (Phi) is 4.02. The van der Waals surface area contributed by atoms with Gasteiger partial charge in [0.05, 0.1) is 0 Å². The van der Waals surface area contributed by atoms with E-state index in [1.54, 1.807) is 19.1 Å². The molecule has 1 saturated heterocycles. The predicted octanol–water partition coefficient (Wildman–Crippen LogP) is 0.0749. The zero-order valence-corrected chi connectivity index (χ0v) is 11.3. The largest absolute Gasteiger partial charge is 0.399 e. The highest BCUT2D eigenvalue weighted by molar-refractivity contribution is 6.04. The van der Waals surface area contributed by atoms with Crippen molar-refractivity contribution in [1.29, 1.82) is 0 Å². The molecule has 6 heteroatoms. The molecule has 1 atom stereocenters. The molecule has 2 rings (SSSR count). The summed E-state index contributed by atoms with van der Waals surface area (Å²) in [6.07, 6.45) is 0.812. The molecule has 1 unspecified atom stereocenters. The number of carbonyl (C=O) groups excluding carboxylic acids is 3. The highest BCUT2D eigenvalue weighted by atomic mass is 16.2. The molecule has 3 amide bonds. The molecule has 0 aromatic heterocycles. The second-order valence-electron chi connectivity index (χ2n) is 4.85. The maximum atomic E-state index is 12.1. The van der Waals surface area contributed by atoms with Crippen LogP contribution in [-0.4, -0.2) is 35.2 Å². The van der Waals surface area contributed by atoms with Crippen LogP contribution in [0.5, 0.6) is 0 Å². The summed E-state index contributed by atoms with van der Waals surface area (Å²) in [5, 5.41) is 2.21. The van der Waals surface area contributed by atoms with Crippen molar-refractivity contribution in [2.75, 3.05) is 12.3 Å². The lowest BCUT2D eigenvalue weighted by Crippen LogP contribution is -2.58. The van der Waals surface area contributed by atoms with Gasteiger partial charge in [0.2, 0.25) is 17.7 Å². The van der Waals surface area contributed by atoms with E-state index in [1.807, 2.05) is 12.1 Å². The van der Waals surface area contributed by atoms with Crippen molar-refractivity contribution < 1.29 is 14.4 Å². The maximum absolute atomic E-state index is 12.1. The van der Waals surface area contributed by atoms with Gasteiger partial charge in [-0.05, 0) is 31.0 Å². The van der Waals surface area contributed by atoms with Gasteiger partial charge in [0.15, 0.2) is 0 Å². The van der Waals surface area contributed by atoms with Crippen LogP contribution in [-0.2, 0) is 20.8 Å². The fraction of sp³-hybridized carbons (Fsp3) is 0.357. The first-order chi connectivity index (χ1) is 9.47. The summed E-state index contributed by atoms with van der Waals surface area (Å²) in [6, 6.07) is 6.67. The molecule has 3 N–H and O–H groups in total. The van der Waals surface area contributed by atoms with Crippen molar-refractivity contribution >= 4 is 23.4 Å². The average molecular weight is 275 g/mol. The molecular weight excluding hydrogens is 258 g/mol. The summed E-state index contributed by atoms with van der Waals surface area (Å²) in [7, 11) is 0. The molecule has 106 valence electrons. The quantitative estimate of drug-likeness (QED) is 0.603. The minimum Gasteiger partial charge on any atom is -0.399 e. The van der Waals surface area contributed by atoms with Crippen LogP contribution in [0, 0.1) is 0 Å². The number of benzene rings is 1. The summed E-state index contributed by atoms with van der Waals surface area (Å²) in [5.74, 6) is -1.06. The second-order valence-corrected chi connectivity index (χ2v) is 4.85. The predicted molar refractivity (Wildman–Crippen MR) is 73.5 cm³/mol. The number of hydrogen-bond acceptors (Lipinski definition) is 4. The van der Waals surface area contributed by atoms with Crippen molar-refractivity contribution in [1.82, 2.24) is 10.2 Å². The minimum absolute atomic E-state index is 0.0620. The Labute approximate surface area is 116 Å². The van der Waals surface area contributed by atoms with E-state index < -0.39 is 17.9 Å². The van der Waals surface area contributed by atoms with E-state index in [0.29, 0.717) is 12.1 Å². The van der Waals surface area contributed by atoms with Crippen LogP contribution in [0.4, 0.5) is 5.69 Å². The molecule has 0 saturated carbocycles. The molecule has 1 aromatic rings. The highest BCUT2D eigenvalue weighted by Crippen LogP contribution is 2.11. The topological polar surface area (TPSA) is 92.5 Å². The number of nitrogen functional groups attached to an aromatic ring is 1. The van der Waals surface area contributed by atoms with Crippen LogP contribution >= 0.6 is 0 Å². The van der Waals surface area contributed by atoms with Crippen molar-refractivity contribution in [3.8, 4) is 0 Å². The van der Waals surface area contributed by atoms with Crippen LogP contribution in [0.1, 0.15) is 18.9 Å². The van der Waals surface area contributed by atoms with Gasteiger partial charge < -0.3 is 10.6 Å². The third-order valence-electron chi connectivity index (χ3n) is 3.35. The maximum Gasteiger partial charge on any atom is 0.249 e. The molecule has 0 aliphatic carbocycles. The number of amides is 3. The summed E-state index contributed by atoms with van der Waals surface area (Å²) in [4.78, 5) is 36.2. The molecule has 1 aliphatic rings. The Hall–Kier alpha value is -2.37. The van der Waals surface area contributed by atoms with Crippen LogP contribution in [0.25, 0.3) is 0 Å². The first kappa shape index (κ1) is 14.0. The molecular formula is C14H17N3O3. The Morgan fingerprint density at radius 1 is 1.35 bits per heavy atom.